The summed E-state index contributed by atoms with van der Waals surface area (Å²) in [6.07, 6.45) is 0.404. The zero-order chi connectivity index (χ0) is 5.98. The van der Waals surface area contributed by atoms with Crippen LogP contribution in [0.5, 0.6) is 0 Å². The number of hydrogen-bond donors (Lipinski definition) is 0. The second-order valence-electron chi connectivity index (χ2n) is 1.92. The maximum absolute atomic E-state index is 12.2. The average molecular weight is 139 g/mol. The van der Waals surface area contributed by atoms with Crippen molar-refractivity contribution in [2.75, 3.05) is 6.61 Å². The fourth-order valence-corrected chi connectivity index (χ4v) is 0.886. The second kappa shape index (κ2) is 2.65. The predicted octanol–water partition coefficient (Wildman–Crippen LogP) is 1.70. The number of alkyl halides is 2. The fraction of sp³-hybridized carbons (Fsp3) is 1.00. The monoisotopic (exact) mass is 138 g/mol. The minimum Gasteiger partial charge on any atom is -0.359 e. The lowest BCUT2D eigenvalue weighted by Gasteiger charge is -2.19. The zero-order valence-electron chi connectivity index (χ0n) is 4.44. The fourth-order valence-electron chi connectivity index (χ4n) is 0.687. The maximum Gasteiger partial charge on any atom is 0.131 e. The molecule has 0 N–H and O–H groups in total. The van der Waals surface area contributed by atoms with Crippen molar-refractivity contribution in [3.63, 3.8) is 0 Å². The van der Waals surface area contributed by atoms with E-state index in [1.807, 2.05) is 0 Å². The molecule has 0 aliphatic carbocycles. The van der Waals surface area contributed by atoms with E-state index in [0.717, 1.165) is 0 Å². The Balaban J connectivity index is 2.19. The molecule has 1 heterocycles. The van der Waals surface area contributed by atoms with Crippen LogP contribution in [0, 0.1) is 0 Å². The molecule has 1 fully saturated rings. The standard InChI is InChI=1S/C5H8ClFO/c6-5-2-1-4(7)3-8-5/h4-5H,1-3H2. The molecule has 1 saturated heterocycles. The van der Waals surface area contributed by atoms with Crippen molar-refractivity contribution in [2.45, 2.75) is 24.6 Å². The highest BCUT2D eigenvalue weighted by atomic mass is 35.5. The third-order valence-electron chi connectivity index (χ3n) is 1.16. The van der Waals surface area contributed by atoms with E-state index in [4.69, 9.17) is 16.3 Å². The highest BCUT2D eigenvalue weighted by Gasteiger charge is 2.18. The van der Waals surface area contributed by atoms with E-state index in [2.05, 4.69) is 0 Å². The van der Waals surface area contributed by atoms with Gasteiger partial charge in [-0.2, -0.15) is 0 Å². The van der Waals surface area contributed by atoms with Crippen LogP contribution in [0.3, 0.4) is 0 Å². The Morgan fingerprint density at radius 3 is 2.62 bits per heavy atom. The molecule has 1 aliphatic heterocycles. The Kier molecular flexibility index (Phi) is 2.08. The van der Waals surface area contributed by atoms with E-state index in [1.54, 1.807) is 0 Å². The molecule has 3 heteroatoms. The summed E-state index contributed by atoms with van der Waals surface area (Å²) in [6, 6.07) is 0. The van der Waals surface area contributed by atoms with Crippen LogP contribution in [0.2, 0.25) is 0 Å². The van der Waals surface area contributed by atoms with Crippen LogP contribution < -0.4 is 0 Å². The summed E-state index contributed by atoms with van der Waals surface area (Å²) in [4.78, 5) is 0. The Labute approximate surface area is 52.8 Å². The van der Waals surface area contributed by atoms with Gasteiger partial charge in [-0.1, -0.05) is 11.6 Å². The summed E-state index contributed by atoms with van der Waals surface area (Å²) in [7, 11) is 0. The number of hydrogen-bond acceptors (Lipinski definition) is 1. The quantitative estimate of drug-likeness (QED) is 0.463. The SMILES string of the molecule is FC1CCC(Cl)OC1. The van der Waals surface area contributed by atoms with Gasteiger partial charge in [-0.25, -0.2) is 4.39 Å². The van der Waals surface area contributed by atoms with Gasteiger partial charge in [0.15, 0.2) is 0 Å². The minimum atomic E-state index is -0.787. The number of ether oxygens (including phenoxy) is 1. The first-order valence-electron chi connectivity index (χ1n) is 2.69. The van der Waals surface area contributed by atoms with E-state index < -0.39 is 6.17 Å². The Hall–Kier alpha value is 0.180. The van der Waals surface area contributed by atoms with Gasteiger partial charge in [-0.15, -0.1) is 0 Å². The molecule has 0 aromatic rings. The van der Waals surface area contributed by atoms with Crippen molar-refractivity contribution in [1.82, 2.24) is 0 Å². The Morgan fingerprint density at radius 2 is 2.25 bits per heavy atom. The molecule has 2 unspecified atom stereocenters. The van der Waals surface area contributed by atoms with Crippen molar-refractivity contribution in [2.24, 2.45) is 0 Å². The summed E-state index contributed by atoms with van der Waals surface area (Å²) in [6.45, 7) is 0.175. The summed E-state index contributed by atoms with van der Waals surface area (Å²) in [5.41, 5.74) is -0.248. The number of rotatable bonds is 0. The van der Waals surface area contributed by atoms with Gasteiger partial charge in [-0.3, -0.25) is 0 Å². The molecule has 1 rings (SSSR count). The lowest BCUT2D eigenvalue weighted by Crippen LogP contribution is -2.22. The van der Waals surface area contributed by atoms with Gasteiger partial charge in [0.2, 0.25) is 0 Å². The number of halogens is 2. The molecule has 0 aromatic heterocycles. The predicted molar refractivity (Wildman–Crippen MR) is 29.7 cm³/mol. The molecule has 1 nitrogen and oxygen atoms in total. The molecule has 1 aliphatic rings. The molecule has 8 heavy (non-hydrogen) atoms. The second-order valence-corrected chi connectivity index (χ2v) is 2.40. The Bertz CT molecular complexity index is 60.8. The summed E-state index contributed by atoms with van der Waals surface area (Å²) in [5, 5.41) is 0. The minimum absolute atomic E-state index is 0.175. The highest BCUT2D eigenvalue weighted by Crippen LogP contribution is 2.17. The van der Waals surface area contributed by atoms with Crippen molar-refractivity contribution in [3.05, 3.63) is 0 Å². The van der Waals surface area contributed by atoms with Crippen molar-refractivity contribution < 1.29 is 9.13 Å². The molecular weight excluding hydrogens is 131 g/mol. The van der Waals surface area contributed by atoms with Gasteiger partial charge >= 0.3 is 0 Å². The van der Waals surface area contributed by atoms with Crippen LogP contribution in [-0.4, -0.2) is 18.3 Å². The lowest BCUT2D eigenvalue weighted by molar-refractivity contribution is 0.0143. The molecule has 0 radical (unpaired) electrons. The topological polar surface area (TPSA) is 9.23 Å². The van der Waals surface area contributed by atoms with Crippen molar-refractivity contribution in [3.8, 4) is 0 Å². The summed E-state index contributed by atoms with van der Waals surface area (Å²) in [5.74, 6) is 0. The lowest BCUT2D eigenvalue weighted by atomic mass is 10.2. The van der Waals surface area contributed by atoms with Crippen LogP contribution in [0.15, 0.2) is 0 Å². The highest BCUT2D eigenvalue weighted by molar-refractivity contribution is 6.19. The smallest absolute Gasteiger partial charge is 0.131 e. The Morgan fingerprint density at radius 1 is 1.50 bits per heavy atom. The average Bonchev–Trinajstić information content (AvgIpc) is 1.77. The maximum atomic E-state index is 12.2. The van der Waals surface area contributed by atoms with Gasteiger partial charge in [-0.05, 0) is 12.8 Å². The first-order chi connectivity index (χ1) is 3.79. The van der Waals surface area contributed by atoms with E-state index in [-0.39, 0.29) is 12.2 Å². The molecule has 0 spiro atoms. The van der Waals surface area contributed by atoms with Crippen molar-refractivity contribution >= 4 is 11.6 Å². The van der Waals surface area contributed by atoms with Gasteiger partial charge in [0.25, 0.3) is 0 Å². The molecule has 0 aromatic carbocycles. The van der Waals surface area contributed by atoms with Crippen molar-refractivity contribution in [1.29, 1.82) is 0 Å². The zero-order valence-corrected chi connectivity index (χ0v) is 5.20. The molecule has 2 atom stereocenters. The van der Waals surface area contributed by atoms with Crippen LogP contribution in [0.4, 0.5) is 4.39 Å². The first-order valence-corrected chi connectivity index (χ1v) is 3.12. The summed E-state index contributed by atoms with van der Waals surface area (Å²) < 4.78 is 17.0. The van der Waals surface area contributed by atoms with Gasteiger partial charge in [0, 0.05) is 0 Å². The van der Waals surface area contributed by atoms with Gasteiger partial charge in [0.1, 0.15) is 11.7 Å². The van der Waals surface area contributed by atoms with E-state index >= 15 is 0 Å². The molecule has 0 amide bonds. The normalized spacial score (nSPS) is 39.8. The molecule has 0 bridgehead atoms. The molecular formula is C5H8ClFO. The van der Waals surface area contributed by atoms with Crippen LogP contribution in [0.25, 0.3) is 0 Å². The van der Waals surface area contributed by atoms with Gasteiger partial charge in [0.05, 0.1) is 6.61 Å². The third-order valence-corrected chi connectivity index (χ3v) is 1.51. The largest absolute Gasteiger partial charge is 0.359 e. The van der Waals surface area contributed by atoms with Crippen LogP contribution in [-0.2, 0) is 4.74 Å². The third kappa shape index (κ3) is 1.60. The van der Waals surface area contributed by atoms with Crippen LogP contribution >= 0.6 is 11.6 Å². The first kappa shape index (κ1) is 6.30. The summed E-state index contributed by atoms with van der Waals surface area (Å²) >= 11 is 5.49. The van der Waals surface area contributed by atoms with E-state index in [0.29, 0.717) is 12.8 Å². The van der Waals surface area contributed by atoms with E-state index in [9.17, 15) is 4.39 Å². The van der Waals surface area contributed by atoms with Gasteiger partial charge < -0.3 is 4.74 Å². The van der Waals surface area contributed by atoms with E-state index in [1.165, 1.54) is 0 Å². The molecule has 0 saturated carbocycles. The molecule has 48 valence electrons. The van der Waals surface area contributed by atoms with Crippen LogP contribution in [0.1, 0.15) is 12.8 Å².